The number of carbonyl (C=O) groups is 1. The van der Waals surface area contributed by atoms with E-state index in [-0.39, 0.29) is 11.7 Å². The zero-order valence-corrected chi connectivity index (χ0v) is 13.9. The molecule has 0 aliphatic carbocycles. The summed E-state index contributed by atoms with van der Waals surface area (Å²) in [5.74, 6) is -0.134. The van der Waals surface area contributed by atoms with Crippen molar-refractivity contribution in [1.29, 1.82) is 0 Å². The maximum Gasteiger partial charge on any atom is 0.264 e. The van der Waals surface area contributed by atoms with Gasteiger partial charge in [0.1, 0.15) is 5.75 Å². The number of nitrogens with zero attached hydrogens (tertiary/aromatic N) is 1. The number of amidine groups is 1. The van der Waals surface area contributed by atoms with Gasteiger partial charge in [-0.2, -0.15) is 0 Å². The van der Waals surface area contributed by atoms with Crippen LogP contribution in [0.25, 0.3) is 6.08 Å². The fraction of sp³-hybridized carbons (Fsp3) is 0. The Morgan fingerprint density at radius 1 is 1.17 bits per heavy atom. The first-order valence-electron chi connectivity index (χ1n) is 6.55. The lowest BCUT2D eigenvalue weighted by molar-refractivity contribution is -0.115. The number of benzene rings is 2. The normalized spacial score (nSPS) is 17.7. The molecule has 0 aromatic heterocycles. The molecule has 0 spiro atoms. The smallest absolute Gasteiger partial charge is 0.264 e. The van der Waals surface area contributed by atoms with Gasteiger partial charge in [-0.05, 0) is 47.7 Å². The molecule has 2 aromatic carbocycles. The number of thioether (sulfide) groups is 1. The first kappa shape index (κ1) is 15.9. The van der Waals surface area contributed by atoms with E-state index in [4.69, 9.17) is 23.2 Å². The number of aromatic hydroxyl groups is 1. The molecule has 23 heavy (non-hydrogen) atoms. The van der Waals surface area contributed by atoms with Crippen LogP contribution in [0.15, 0.2) is 52.4 Å². The summed E-state index contributed by atoms with van der Waals surface area (Å²) in [6, 6.07) is 11.6. The average molecular weight is 365 g/mol. The minimum Gasteiger partial charge on any atom is -0.508 e. The summed E-state index contributed by atoms with van der Waals surface area (Å²) >= 11 is 13.2. The number of nitrogens with one attached hydrogen (secondary N) is 1. The Labute approximate surface area is 146 Å². The largest absolute Gasteiger partial charge is 0.508 e. The zero-order valence-electron chi connectivity index (χ0n) is 11.6. The van der Waals surface area contributed by atoms with Crippen molar-refractivity contribution in [2.75, 3.05) is 0 Å². The molecule has 3 rings (SSSR count). The van der Waals surface area contributed by atoms with Crippen molar-refractivity contribution >= 4 is 57.8 Å². The van der Waals surface area contributed by atoms with Crippen LogP contribution < -0.4 is 5.32 Å². The SMILES string of the molecule is O=C1NC(=Nc2cccc(O)c2)S/C1=C\c1ccc(Cl)cc1Cl. The third-order valence-electron chi connectivity index (χ3n) is 2.96. The van der Waals surface area contributed by atoms with Crippen molar-refractivity contribution in [2.45, 2.75) is 0 Å². The number of hydrogen-bond donors (Lipinski definition) is 2. The van der Waals surface area contributed by atoms with Gasteiger partial charge in [0.15, 0.2) is 5.17 Å². The highest BCUT2D eigenvalue weighted by molar-refractivity contribution is 8.18. The molecular formula is C16H10Cl2N2O2S. The van der Waals surface area contributed by atoms with E-state index in [0.29, 0.717) is 31.4 Å². The summed E-state index contributed by atoms with van der Waals surface area (Å²) in [5, 5.41) is 13.6. The molecule has 1 heterocycles. The molecule has 1 aliphatic heterocycles. The van der Waals surface area contributed by atoms with E-state index < -0.39 is 0 Å². The van der Waals surface area contributed by atoms with Crippen LogP contribution in [0.4, 0.5) is 5.69 Å². The molecule has 0 radical (unpaired) electrons. The van der Waals surface area contributed by atoms with Gasteiger partial charge in [0.05, 0.1) is 10.6 Å². The Bertz CT molecular complexity index is 850. The highest BCUT2D eigenvalue weighted by atomic mass is 35.5. The van der Waals surface area contributed by atoms with Crippen LogP contribution >= 0.6 is 35.0 Å². The van der Waals surface area contributed by atoms with Crippen LogP contribution in [0.1, 0.15) is 5.56 Å². The van der Waals surface area contributed by atoms with Gasteiger partial charge in [-0.15, -0.1) is 0 Å². The van der Waals surface area contributed by atoms with Crippen LogP contribution in [-0.2, 0) is 4.79 Å². The van der Waals surface area contributed by atoms with Gasteiger partial charge in [0.25, 0.3) is 5.91 Å². The number of rotatable bonds is 2. The summed E-state index contributed by atoms with van der Waals surface area (Å²) in [4.78, 5) is 16.8. The van der Waals surface area contributed by atoms with E-state index in [0.717, 1.165) is 0 Å². The van der Waals surface area contributed by atoms with Crippen LogP contribution in [-0.4, -0.2) is 16.2 Å². The van der Waals surface area contributed by atoms with Gasteiger partial charge >= 0.3 is 0 Å². The summed E-state index contributed by atoms with van der Waals surface area (Å²) < 4.78 is 0. The topological polar surface area (TPSA) is 61.7 Å². The van der Waals surface area contributed by atoms with Crippen molar-refractivity contribution in [3.8, 4) is 5.75 Å². The van der Waals surface area contributed by atoms with Crippen LogP contribution in [0, 0.1) is 0 Å². The molecule has 1 saturated heterocycles. The van der Waals surface area contributed by atoms with Gasteiger partial charge in [-0.25, -0.2) is 4.99 Å². The average Bonchev–Trinajstić information content (AvgIpc) is 2.82. The lowest BCUT2D eigenvalue weighted by Gasteiger charge is -1.99. The maximum atomic E-state index is 12.0. The van der Waals surface area contributed by atoms with Crippen molar-refractivity contribution in [3.05, 3.63) is 63.0 Å². The molecule has 2 aromatic rings. The molecule has 4 nitrogen and oxygen atoms in total. The number of amides is 1. The molecular weight excluding hydrogens is 355 g/mol. The van der Waals surface area contributed by atoms with Gasteiger partial charge < -0.3 is 10.4 Å². The van der Waals surface area contributed by atoms with Gasteiger partial charge in [-0.3, -0.25) is 4.79 Å². The van der Waals surface area contributed by atoms with E-state index in [1.807, 2.05) is 0 Å². The molecule has 1 amide bonds. The van der Waals surface area contributed by atoms with Crippen LogP contribution in [0.3, 0.4) is 0 Å². The molecule has 0 saturated carbocycles. The predicted molar refractivity (Wildman–Crippen MR) is 95.4 cm³/mol. The first-order valence-corrected chi connectivity index (χ1v) is 8.12. The zero-order chi connectivity index (χ0) is 16.4. The minimum absolute atomic E-state index is 0.116. The van der Waals surface area contributed by atoms with E-state index in [1.54, 1.807) is 42.5 Å². The Morgan fingerprint density at radius 2 is 2.00 bits per heavy atom. The second-order valence-corrected chi connectivity index (χ2v) is 6.54. The van der Waals surface area contributed by atoms with Gasteiger partial charge in [-0.1, -0.05) is 35.3 Å². The third-order valence-corrected chi connectivity index (χ3v) is 4.43. The van der Waals surface area contributed by atoms with E-state index in [2.05, 4.69) is 10.3 Å². The molecule has 0 atom stereocenters. The molecule has 0 bridgehead atoms. The van der Waals surface area contributed by atoms with Crippen molar-refractivity contribution in [3.63, 3.8) is 0 Å². The first-order chi connectivity index (χ1) is 11.0. The van der Waals surface area contributed by atoms with Crippen LogP contribution in [0.5, 0.6) is 5.75 Å². The van der Waals surface area contributed by atoms with Crippen molar-refractivity contribution < 1.29 is 9.90 Å². The van der Waals surface area contributed by atoms with Gasteiger partial charge in [0.2, 0.25) is 0 Å². The fourth-order valence-corrected chi connectivity index (χ4v) is 3.22. The minimum atomic E-state index is -0.250. The molecule has 1 aliphatic rings. The molecule has 116 valence electrons. The number of hydrogen-bond acceptors (Lipinski definition) is 4. The lowest BCUT2D eigenvalue weighted by atomic mass is 10.2. The predicted octanol–water partition coefficient (Wildman–Crippen LogP) is 4.59. The highest BCUT2D eigenvalue weighted by Gasteiger charge is 2.24. The lowest BCUT2D eigenvalue weighted by Crippen LogP contribution is -2.19. The van der Waals surface area contributed by atoms with Crippen molar-refractivity contribution in [2.24, 2.45) is 4.99 Å². The summed E-state index contributed by atoms with van der Waals surface area (Å²) in [5.41, 5.74) is 1.26. The Morgan fingerprint density at radius 3 is 2.74 bits per heavy atom. The summed E-state index contributed by atoms with van der Waals surface area (Å²) in [6.45, 7) is 0. The standard InChI is InChI=1S/C16H10Cl2N2O2S/c17-10-5-4-9(13(18)7-10)6-14-15(22)20-16(23-14)19-11-2-1-3-12(21)8-11/h1-8,21H,(H,19,20,22)/b14-6-. The Kier molecular flexibility index (Phi) is 4.61. The van der Waals surface area contributed by atoms with E-state index in [9.17, 15) is 9.90 Å². The molecule has 2 N–H and O–H groups in total. The second-order valence-electron chi connectivity index (χ2n) is 4.67. The fourth-order valence-electron chi connectivity index (χ4n) is 1.92. The second kappa shape index (κ2) is 6.66. The number of aliphatic imine (C=N–C) groups is 1. The summed E-state index contributed by atoms with van der Waals surface area (Å²) in [7, 11) is 0. The monoisotopic (exact) mass is 364 g/mol. The number of phenols is 1. The molecule has 0 unspecified atom stereocenters. The van der Waals surface area contributed by atoms with E-state index >= 15 is 0 Å². The van der Waals surface area contributed by atoms with Gasteiger partial charge in [0, 0.05) is 16.1 Å². The highest BCUT2D eigenvalue weighted by Crippen LogP contribution is 2.31. The quantitative estimate of drug-likeness (QED) is 0.766. The van der Waals surface area contributed by atoms with Crippen molar-refractivity contribution in [1.82, 2.24) is 5.32 Å². The Balaban J connectivity index is 1.86. The number of carbonyl (C=O) groups excluding carboxylic acids is 1. The third kappa shape index (κ3) is 3.88. The van der Waals surface area contributed by atoms with E-state index in [1.165, 1.54) is 17.8 Å². The molecule has 1 fully saturated rings. The molecule has 7 heteroatoms. The Hall–Kier alpha value is -1.95. The summed E-state index contributed by atoms with van der Waals surface area (Å²) in [6.07, 6.45) is 1.68. The van der Waals surface area contributed by atoms with Crippen LogP contribution in [0.2, 0.25) is 10.0 Å². The maximum absolute atomic E-state index is 12.0. The number of phenolic OH excluding ortho intramolecular Hbond substituents is 1. The number of halogens is 2.